The lowest BCUT2D eigenvalue weighted by atomic mass is 10.2. The summed E-state index contributed by atoms with van der Waals surface area (Å²) >= 11 is 0. The van der Waals surface area contributed by atoms with E-state index >= 15 is 0 Å². The van der Waals surface area contributed by atoms with Crippen LogP contribution < -0.4 is 20.4 Å². The van der Waals surface area contributed by atoms with Gasteiger partial charge in [0, 0.05) is 18.5 Å². The Labute approximate surface area is 184 Å². The molecule has 1 aromatic heterocycles. The molecular weight excluding hydrogens is 417 g/mol. The van der Waals surface area contributed by atoms with Gasteiger partial charge >= 0.3 is 0 Å². The number of hydroxylamine groups is 1. The van der Waals surface area contributed by atoms with Crippen LogP contribution in [0.2, 0.25) is 0 Å². The fourth-order valence-corrected chi connectivity index (χ4v) is 2.98. The fraction of sp³-hybridized carbons (Fsp3) is 0.227. The number of hydrogen-bond acceptors (Lipinski definition) is 8. The van der Waals surface area contributed by atoms with Gasteiger partial charge in [-0.15, -0.1) is 0 Å². The molecule has 1 aliphatic heterocycles. The highest BCUT2D eigenvalue weighted by molar-refractivity contribution is 5.93. The van der Waals surface area contributed by atoms with Crippen LogP contribution >= 0.6 is 0 Å². The smallest absolute Gasteiger partial charge is 0.253 e. The van der Waals surface area contributed by atoms with Gasteiger partial charge in [-0.05, 0) is 42.5 Å². The van der Waals surface area contributed by atoms with Gasteiger partial charge in [0.1, 0.15) is 12.4 Å². The second kappa shape index (κ2) is 10.0. The molecule has 32 heavy (non-hydrogen) atoms. The molecule has 1 fully saturated rings. The third-order valence-corrected chi connectivity index (χ3v) is 4.52. The van der Waals surface area contributed by atoms with E-state index in [1.54, 1.807) is 55.6 Å². The number of methoxy groups -OCH3 is 1. The summed E-state index contributed by atoms with van der Waals surface area (Å²) in [4.78, 5) is 25.4. The Hall–Kier alpha value is -3.76. The Balaban J connectivity index is 1.44. The van der Waals surface area contributed by atoms with Gasteiger partial charge in [-0.25, -0.2) is 9.37 Å². The van der Waals surface area contributed by atoms with Crippen molar-refractivity contribution < 1.29 is 23.5 Å². The highest BCUT2D eigenvalue weighted by atomic mass is 19.1. The number of rotatable bonds is 9. The van der Waals surface area contributed by atoms with E-state index in [9.17, 15) is 9.18 Å². The summed E-state index contributed by atoms with van der Waals surface area (Å²) in [5, 5.41) is 7.19. The van der Waals surface area contributed by atoms with E-state index in [-0.39, 0.29) is 17.7 Å². The normalized spacial score (nSPS) is 13.3. The van der Waals surface area contributed by atoms with E-state index in [4.69, 9.17) is 14.3 Å². The van der Waals surface area contributed by atoms with Gasteiger partial charge in [0.05, 0.1) is 31.5 Å². The second-order valence-electron chi connectivity index (χ2n) is 6.83. The number of carbonyl (C=O) groups excluding carboxylic acids is 1. The summed E-state index contributed by atoms with van der Waals surface area (Å²) in [6.45, 7) is 1.30. The molecule has 2 N–H and O–H groups in total. The number of halogens is 1. The molecule has 0 unspecified atom stereocenters. The molecule has 10 heteroatoms. The summed E-state index contributed by atoms with van der Waals surface area (Å²) in [6, 6.07) is 14.1. The molecular formula is C22H22FN5O4. The Bertz CT molecular complexity index is 1080. The van der Waals surface area contributed by atoms with Crippen molar-refractivity contribution >= 4 is 34.7 Å². The molecule has 0 atom stereocenters. The molecule has 3 aromatic rings. The average Bonchev–Trinajstić information content (AvgIpc) is 3.23. The van der Waals surface area contributed by atoms with Crippen LogP contribution in [0, 0.1) is 5.82 Å². The number of ether oxygens (including phenoxy) is 2. The van der Waals surface area contributed by atoms with Crippen molar-refractivity contribution in [2.75, 3.05) is 42.6 Å². The third kappa shape index (κ3) is 5.29. The first-order chi connectivity index (χ1) is 15.6. The quantitative estimate of drug-likeness (QED) is 0.486. The van der Waals surface area contributed by atoms with Crippen LogP contribution in [0.25, 0.3) is 0 Å². The highest BCUT2D eigenvalue weighted by Crippen LogP contribution is 2.26. The lowest BCUT2D eigenvalue weighted by molar-refractivity contribution is -0.119. The van der Waals surface area contributed by atoms with Crippen LogP contribution in [-0.4, -0.2) is 42.8 Å². The van der Waals surface area contributed by atoms with Crippen molar-refractivity contribution in [3.63, 3.8) is 0 Å². The molecule has 0 spiro atoms. The van der Waals surface area contributed by atoms with Crippen LogP contribution in [0.3, 0.4) is 0 Å². The summed E-state index contributed by atoms with van der Waals surface area (Å²) in [7, 11) is 1.61. The number of nitrogens with one attached hydrogen (secondary N) is 2. The van der Waals surface area contributed by atoms with Crippen molar-refractivity contribution in [2.45, 2.75) is 6.42 Å². The van der Waals surface area contributed by atoms with Crippen LogP contribution in [0.5, 0.6) is 5.75 Å². The van der Waals surface area contributed by atoms with E-state index in [1.807, 2.05) is 0 Å². The van der Waals surface area contributed by atoms with Gasteiger partial charge in [0.2, 0.25) is 5.95 Å². The maximum Gasteiger partial charge on any atom is 0.253 e. The molecule has 0 bridgehead atoms. The summed E-state index contributed by atoms with van der Waals surface area (Å²) in [6.07, 6.45) is 1.41. The van der Waals surface area contributed by atoms with Crippen LogP contribution in [-0.2, 0) is 14.4 Å². The molecule has 9 nitrogen and oxygen atoms in total. The predicted octanol–water partition coefficient (Wildman–Crippen LogP) is 3.80. The predicted molar refractivity (Wildman–Crippen MR) is 117 cm³/mol. The summed E-state index contributed by atoms with van der Waals surface area (Å²) in [5.74, 6) is 0.174. The van der Waals surface area contributed by atoms with Gasteiger partial charge in [0.25, 0.3) is 5.91 Å². The van der Waals surface area contributed by atoms with Gasteiger partial charge < -0.3 is 20.1 Å². The maximum absolute atomic E-state index is 14.3. The highest BCUT2D eigenvalue weighted by Gasteiger charge is 2.23. The molecule has 4 rings (SSSR count). The number of hydrogen-bond donors (Lipinski definition) is 2. The monoisotopic (exact) mass is 439 g/mol. The first-order valence-electron chi connectivity index (χ1n) is 9.97. The first kappa shape index (κ1) is 21.5. The number of anilines is 5. The van der Waals surface area contributed by atoms with Gasteiger partial charge in [-0.3, -0.25) is 9.63 Å². The molecule has 0 aliphatic carbocycles. The largest absolute Gasteiger partial charge is 0.491 e. The second-order valence-corrected chi connectivity index (χ2v) is 6.83. The molecule has 1 amide bonds. The molecule has 1 saturated heterocycles. The minimum Gasteiger partial charge on any atom is -0.491 e. The van der Waals surface area contributed by atoms with Gasteiger partial charge in [-0.2, -0.15) is 10.0 Å². The number of carbonyl (C=O) groups is 1. The zero-order valence-electron chi connectivity index (χ0n) is 17.4. The van der Waals surface area contributed by atoms with Gasteiger partial charge in [-0.1, -0.05) is 6.07 Å². The molecule has 166 valence electrons. The van der Waals surface area contributed by atoms with Crippen molar-refractivity contribution in [3.8, 4) is 5.75 Å². The lowest BCUT2D eigenvalue weighted by Crippen LogP contribution is -2.22. The van der Waals surface area contributed by atoms with Crippen molar-refractivity contribution in [1.82, 2.24) is 9.97 Å². The van der Waals surface area contributed by atoms with Crippen LogP contribution in [0.15, 0.2) is 54.7 Å². The van der Waals surface area contributed by atoms with Crippen LogP contribution in [0.1, 0.15) is 6.42 Å². The van der Waals surface area contributed by atoms with E-state index in [2.05, 4.69) is 20.6 Å². The van der Waals surface area contributed by atoms with Crippen molar-refractivity contribution in [1.29, 1.82) is 0 Å². The maximum atomic E-state index is 14.3. The Kier molecular flexibility index (Phi) is 6.73. The Morgan fingerprint density at radius 1 is 1.12 bits per heavy atom. The van der Waals surface area contributed by atoms with Crippen LogP contribution in [0.4, 0.5) is 33.2 Å². The summed E-state index contributed by atoms with van der Waals surface area (Å²) < 4.78 is 24.8. The van der Waals surface area contributed by atoms with E-state index < -0.39 is 5.82 Å². The average molecular weight is 439 g/mol. The first-order valence-corrected chi connectivity index (χ1v) is 9.97. The third-order valence-electron chi connectivity index (χ3n) is 4.52. The fourth-order valence-electron chi connectivity index (χ4n) is 2.98. The SMILES string of the molecule is COCCOc1ccc(Nc2ncc(F)c(Nc3cccc(N4OCCC4=O)c3)n2)cc1. The molecule has 1 aliphatic rings. The Morgan fingerprint density at radius 3 is 2.72 bits per heavy atom. The number of amides is 1. The zero-order chi connectivity index (χ0) is 22.3. The number of nitrogens with zero attached hydrogens (tertiary/aromatic N) is 3. The van der Waals surface area contributed by atoms with Gasteiger partial charge in [0.15, 0.2) is 11.6 Å². The molecule has 2 aromatic carbocycles. The standard InChI is InChI=1S/C22H22FN5O4/c1-30-11-12-31-18-7-5-15(6-8-18)26-22-24-14-19(23)21(27-22)25-16-3-2-4-17(13-16)28-20(29)9-10-32-28/h2-8,13-14H,9-12H2,1H3,(H2,24,25,26,27). The molecule has 0 saturated carbocycles. The van der Waals surface area contributed by atoms with Crippen molar-refractivity contribution in [3.05, 3.63) is 60.5 Å². The lowest BCUT2D eigenvalue weighted by Gasteiger charge is -2.15. The number of benzene rings is 2. The zero-order valence-corrected chi connectivity index (χ0v) is 17.4. The number of aromatic nitrogens is 2. The Morgan fingerprint density at radius 2 is 1.97 bits per heavy atom. The topological polar surface area (TPSA) is 97.8 Å². The molecule has 0 radical (unpaired) electrons. The minimum atomic E-state index is -0.614. The van der Waals surface area contributed by atoms with Crippen molar-refractivity contribution in [2.24, 2.45) is 0 Å². The van der Waals surface area contributed by atoms with E-state index in [0.717, 1.165) is 6.20 Å². The summed E-state index contributed by atoms with van der Waals surface area (Å²) in [5.41, 5.74) is 1.82. The molecule has 2 heterocycles. The van der Waals surface area contributed by atoms with E-state index in [0.29, 0.717) is 49.1 Å². The minimum absolute atomic E-state index is 0.00663. The van der Waals surface area contributed by atoms with E-state index in [1.165, 1.54) is 5.06 Å².